The Balaban J connectivity index is 2.17. The minimum Gasteiger partial charge on any atom is -0.496 e. The molecule has 2 rings (SSSR count). The molecular weight excluding hydrogens is 287 g/mol. The predicted molar refractivity (Wildman–Crippen MR) is 83.0 cm³/mol. The van der Waals surface area contributed by atoms with Crippen LogP contribution in [0.5, 0.6) is 5.75 Å². The highest BCUT2D eigenvalue weighted by molar-refractivity contribution is 5.62. The van der Waals surface area contributed by atoms with Crippen molar-refractivity contribution in [3.05, 3.63) is 64.0 Å². The zero-order valence-electron chi connectivity index (χ0n) is 12.4. The van der Waals surface area contributed by atoms with E-state index in [9.17, 15) is 14.5 Å². The van der Waals surface area contributed by atoms with Crippen LogP contribution in [0.3, 0.4) is 0 Å². The van der Waals surface area contributed by atoms with Crippen molar-refractivity contribution in [1.82, 2.24) is 0 Å². The third kappa shape index (κ3) is 3.33. The maximum atomic E-state index is 13.6. The molecule has 22 heavy (non-hydrogen) atoms. The van der Waals surface area contributed by atoms with Crippen LogP contribution in [-0.2, 0) is 0 Å². The smallest absolute Gasteiger partial charge is 0.327 e. The van der Waals surface area contributed by atoms with Crippen LogP contribution in [0.15, 0.2) is 42.5 Å². The summed E-state index contributed by atoms with van der Waals surface area (Å²) in [5, 5.41) is 13.9. The molecule has 0 radical (unpaired) electrons. The number of nitrogens with one attached hydrogen (secondary N) is 1. The fraction of sp³-hybridized carbons (Fsp3) is 0.250. The first-order valence-corrected chi connectivity index (χ1v) is 6.84. The molecule has 0 aliphatic heterocycles. The van der Waals surface area contributed by atoms with Gasteiger partial charge in [0.15, 0.2) is 0 Å². The molecule has 5 nitrogen and oxygen atoms in total. The second-order valence-electron chi connectivity index (χ2n) is 4.92. The zero-order valence-corrected chi connectivity index (χ0v) is 12.4. The topological polar surface area (TPSA) is 64.4 Å². The molecule has 0 bridgehead atoms. The SMILES string of the molecule is COc1ccccc1C(C)CNc1cccc(F)c1[N+](=O)[O-]. The molecule has 0 spiro atoms. The van der Waals surface area contributed by atoms with Gasteiger partial charge in [0.2, 0.25) is 5.82 Å². The molecule has 1 N–H and O–H groups in total. The summed E-state index contributed by atoms with van der Waals surface area (Å²) in [4.78, 5) is 10.2. The summed E-state index contributed by atoms with van der Waals surface area (Å²) >= 11 is 0. The van der Waals surface area contributed by atoms with E-state index in [0.29, 0.717) is 6.54 Å². The number of nitrogens with zero attached hydrogens (tertiary/aromatic N) is 1. The molecule has 0 saturated heterocycles. The maximum Gasteiger partial charge on any atom is 0.327 e. The second-order valence-corrected chi connectivity index (χ2v) is 4.92. The molecule has 2 aromatic rings. The van der Waals surface area contributed by atoms with Gasteiger partial charge < -0.3 is 10.1 Å². The van der Waals surface area contributed by atoms with Crippen molar-refractivity contribution in [3.63, 3.8) is 0 Å². The van der Waals surface area contributed by atoms with Gasteiger partial charge in [-0.15, -0.1) is 0 Å². The van der Waals surface area contributed by atoms with Gasteiger partial charge >= 0.3 is 5.69 Å². The van der Waals surface area contributed by atoms with Crippen LogP contribution in [0.2, 0.25) is 0 Å². The minimum atomic E-state index is -0.847. The molecule has 0 aromatic heterocycles. The number of rotatable bonds is 6. The van der Waals surface area contributed by atoms with E-state index in [1.165, 1.54) is 12.1 Å². The van der Waals surface area contributed by atoms with Crippen LogP contribution in [0, 0.1) is 15.9 Å². The Kier molecular flexibility index (Phi) is 4.93. The van der Waals surface area contributed by atoms with Crippen LogP contribution in [-0.4, -0.2) is 18.6 Å². The lowest BCUT2D eigenvalue weighted by molar-refractivity contribution is -0.386. The molecular formula is C16H17FN2O3. The maximum absolute atomic E-state index is 13.6. The van der Waals surface area contributed by atoms with E-state index >= 15 is 0 Å². The highest BCUT2D eigenvalue weighted by Gasteiger charge is 2.20. The average Bonchev–Trinajstić information content (AvgIpc) is 2.52. The Hall–Kier alpha value is -2.63. The molecule has 0 amide bonds. The molecule has 0 heterocycles. The van der Waals surface area contributed by atoms with Gasteiger partial charge in [0.05, 0.1) is 12.0 Å². The van der Waals surface area contributed by atoms with Crippen molar-refractivity contribution >= 4 is 11.4 Å². The minimum absolute atomic E-state index is 0.0408. The van der Waals surface area contributed by atoms with Crippen molar-refractivity contribution in [2.45, 2.75) is 12.8 Å². The van der Waals surface area contributed by atoms with Gasteiger partial charge in [-0.25, -0.2) is 0 Å². The second kappa shape index (κ2) is 6.89. The van der Waals surface area contributed by atoms with E-state index < -0.39 is 16.4 Å². The molecule has 0 fully saturated rings. The van der Waals surface area contributed by atoms with Crippen LogP contribution < -0.4 is 10.1 Å². The van der Waals surface area contributed by atoms with Crippen LogP contribution in [0.25, 0.3) is 0 Å². The van der Waals surface area contributed by atoms with E-state index in [-0.39, 0.29) is 11.6 Å². The number of para-hydroxylation sites is 2. The molecule has 6 heteroatoms. The third-order valence-electron chi connectivity index (χ3n) is 3.44. The normalized spacial score (nSPS) is 11.8. The van der Waals surface area contributed by atoms with Gasteiger partial charge in [0, 0.05) is 12.5 Å². The summed E-state index contributed by atoms with van der Waals surface area (Å²) in [6.07, 6.45) is 0. The first-order chi connectivity index (χ1) is 10.5. The average molecular weight is 304 g/mol. The van der Waals surface area contributed by atoms with Crippen LogP contribution >= 0.6 is 0 Å². The van der Waals surface area contributed by atoms with Gasteiger partial charge in [0.25, 0.3) is 0 Å². The van der Waals surface area contributed by atoms with E-state index in [1.54, 1.807) is 7.11 Å². The Morgan fingerprint density at radius 1 is 1.27 bits per heavy atom. The highest BCUT2D eigenvalue weighted by Crippen LogP contribution is 2.30. The largest absolute Gasteiger partial charge is 0.496 e. The lowest BCUT2D eigenvalue weighted by Gasteiger charge is -2.17. The van der Waals surface area contributed by atoms with Crippen molar-refractivity contribution < 1.29 is 14.1 Å². The molecule has 0 aliphatic carbocycles. The number of ether oxygens (including phenoxy) is 1. The van der Waals surface area contributed by atoms with E-state index in [0.717, 1.165) is 17.4 Å². The van der Waals surface area contributed by atoms with Gasteiger partial charge in [0.1, 0.15) is 11.4 Å². The van der Waals surface area contributed by atoms with Crippen molar-refractivity contribution in [3.8, 4) is 5.75 Å². The highest BCUT2D eigenvalue weighted by atomic mass is 19.1. The molecule has 116 valence electrons. The van der Waals surface area contributed by atoms with E-state index in [1.807, 2.05) is 31.2 Å². The number of methoxy groups -OCH3 is 1. The van der Waals surface area contributed by atoms with Crippen molar-refractivity contribution in [2.75, 3.05) is 19.0 Å². The number of nitro benzene ring substituents is 1. The van der Waals surface area contributed by atoms with E-state index in [4.69, 9.17) is 4.74 Å². The number of hydrogen-bond donors (Lipinski definition) is 1. The third-order valence-corrected chi connectivity index (χ3v) is 3.44. The monoisotopic (exact) mass is 304 g/mol. The van der Waals surface area contributed by atoms with E-state index in [2.05, 4.69) is 5.32 Å². The Morgan fingerprint density at radius 3 is 2.68 bits per heavy atom. The van der Waals surface area contributed by atoms with Gasteiger partial charge in [-0.2, -0.15) is 4.39 Å². The molecule has 0 saturated carbocycles. The first-order valence-electron chi connectivity index (χ1n) is 6.84. The summed E-state index contributed by atoms with van der Waals surface area (Å²) in [6, 6.07) is 11.6. The lowest BCUT2D eigenvalue weighted by atomic mass is 10.00. The number of hydrogen-bond acceptors (Lipinski definition) is 4. The lowest BCUT2D eigenvalue weighted by Crippen LogP contribution is -2.12. The number of nitro groups is 1. The standard InChI is InChI=1S/C16H17FN2O3/c1-11(12-6-3-4-9-15(12)22-2)10-18-14-8-5-7-13(17)16(14)19(20)21/h3-9,11,18H,10H2,1-2H3. The van der Waals surface area contributed by atoms with Crippen LogP contribution in [0.1, 0.15) is 18.4 Å². The first kappa shape index (κ1) is 15.8. The molecule has 2 aromatic carbocycles. The van der Waals surface area contributed by atoms with Gasteiger partial charge in [-0.05, 0) is 23.8 Å². The summed E-state index contributed by atoms with van der Waals surface area (Å²) in [5.74, 6) is -0.0514. The summed E-state index contributed by atoms with van der Waals surface area (Å²) < 4.78 is 18.9. The number of anilines is 1. The van der Waals surface area contributed by atoms with Crippen molar-refractivity contribution in [1.29, 1.82) is 0 Å². The predicted octanol–water partition coefficient (Wildman–Crippen LogP) is 3.96. The Labute approximate surface area is 127 Å². The van der Waals surface area contributed by atoms with Crippen molar-refractivity contribution in [2.24, 2.45) is 0 Å². The summed E-state index contributed by atoms with van der Waals surface area (Å²) in [5.41, 5.74) is 0.623. The fourth-order valence-corrected chi connectivity index (χ4v) is 2.29. The zero-order chi connectivity index (χ0) is 16.1. The Bertz CT molecular complexity index is 676. The Morgan fingerprint density at radius 2 is 2.00 bits per heavy atom. The molecule has 1 unspecified atom stereocenters. The van der Waals surface area contributed by atoms with Crippen LogP contribution in [0.4, 0.5) is 15.8 Å². The molecule has 1 atom stereocenters. The summed E-state index contributed by atoms with van der Waals surface area (Å²) in [6.45, 7) is 2.39. The summed E-state index contributed by atoms with van der Waals surface area (Å²) in [7, 11) is 1.59. The van der Waals surface area contributed by atoms with Gasteiger partial charge in [-0.3, -0.25) is 10.1 Å². The fourth-order valence-electron chi connectivity index (χ4n) is 2.29. The number of benzene rings is 2. The van der Waals surface area contributed by atoms with Gasteiger partial charge in [-0.1, -0.05) is 31.2 Å². The number of halogens is 1. The quantitative estimate of drug-likeness (QED) is 0.648. The molecule has 0 aliphatic rings.